The third-order valence-corrected chi connectivity index (χ3v) is 6.20. The lowest BCUT2D eigenvalue weighted by molar-refractivity contribution is 0.251. The van der Waals surface area contributed by atoms with E-state index in [0.29, 0.717) is 32.5 Å². The first-order chi connectivity index (χ1) is 16.4. The Morgan fingerprint density at radius 3 is 2.50 bits per heavy atom. The summed E-state index contributed by atoms with van der Waals surface area (Å²) in [6.45, 7) is -0.0106. The molecule has 0 radical (unpaired) electrons. The minimum Gasteiger partial charge on any atom is -0.331 e. The molecule has 0 spiro atoms. The van der Waals surface area contributed by atoms with Gasteiger partial charge in [0.1, 0.15) is 11.6 Å². The molecule has 1 heterocycles. The van der Waals surface area contributed by atoms with Gasteiger partial charge in [0.2, 0.25) is 0 Å². The highest BCUT2D eigenvalue weighted by molar-refractivity contribution is 7.98. The molecular formula is C23H17Cl2F2N5OS. The Balaban J connectivity index is 1.55. The largest absolute Gasteiger partial charge is 0.331 e. The third kappa shape index (κ3) is 5.85. The Morgan fingerprint density at radius 1 is 1.00 bits per heavy atom. The van der Waals surface area contributed by atoms with Gasteiger partial charge in [0.15, 0.2) is 11.0 Å². The lowest BCUT2D eigenvalue weighted by Gasteiger charge is -2.13. The van der Waals surface area contributed by atoms with Gasteiger partial charge in [0.25, 0.3) is 0 Å². The highest BCUT2D eigenvalue weighted by atomic mass is 35.5. The molecule has 34 heavy (non-hydrogen) atoms. The van der Waals surface area contributed by atoms with Gasteiger partial charge in [-0.1, -0.05) is 59.2 Å². The van der Waals surface area contributed by atoms with E-state index in [4.69, 9.17) is 23.2 Å². The van der Waals surface area contributed by atoms with Crippen molar-refractivity contribution >= 4 is 46.7 Å². The van der Waals surface area contributed by atoms with Gasteiger partial charge in [0.05, 0.1) is 22.9 Å². The van der Waals surface area contributed by atoms with Crippen LogP contribution < -0.4 is 10.6 Å². The van der Waals surface area contributed by atoms with E-state index < -0.39 is 11.8 Å². The molecule has 0 fully saturated rings. The van der Waals surface area contributed by atoms with E-state index in [1.165, 1.54) is 42.1 Å². The number of carbonyl (C=O) groups is 1. The molecule has 0 aliphatic heterocycles. The molecule has 6 nitrogen and oxygen atoms in total. The monoisotopic (exact) mass is 519 g/mol. The molecule has 0 saturated heterocycles. The van der Waals surface area contributed by atoms with Crippen LogP contribution in [0, 0.1) is 11.6 Å². The van der Waals surface area contributed by atoms with Gasteiger partial charge in [-0.3, -0.25) is 4.57 Å². The van der Waals surface area contributed by atoms with Crippen LogP contribution in [0.25, 0.3) is 5.69 Å². The molecule has 4 rings (SSSR count). The number of rotatable bonds is 7. The van der Waals surface area contributed by atoms with Crippen molar-refractivity contribution in [3.05, 3.63) is 99.8 Å². The van der Waals surface area contributed by atoms with E-state index in [1.807, 2.05) is 0 Å². The smallest absolute Gasteiger partial charge is 0.319 e. The summed E-state index contributed by atoms with van der Waals surface area (Å²) in [7, 11) is 0. The zero-order valence-electron chi connectivity index (χ0n) is 17.4. The van der Waals surface area contributed by atoms with E-state index in [9.17, 15) is 13.6 Å². The maximum absolute atomic E-state index is 13.8. The van der Waals surface area contributed by atoms with Crippen LogP contribution in [0.2, 0.25) is 10.0 Å². The summed E-state index contributed by atoms with van der Waals surface area (Å²) in [4.78, 5) is 12.3. The molecule has 0 aliphatic carbocycles. The second kappa shape index (κ2) is 10.9. The predicted octanol–water partition coefficient (Wildman–Crippen LogP) is 6.47. The number of thioether (sulfide) groups is 1. The Kier molecular flexibility index (Phi) is 7.66. The summed E-state index contributed by atoms with van der Waals surface area (Å²) in [5.74, 6) is 0.0415. The van der Waals surface area contributed by atoms with E-state index in [0.717, 1.165) is 5.56 Å². The van der Waals surface area contributed by atoms with Gasteiger partial charge in [-0.15, -0.1) is 10.2 Å². The van der Waals surface area contributed by atoms with E-state index >= 15 is 0 Å². The van der Waals surface area contributed by atoms with Crippen LogP contribution in [0.15, 0.2) is 71.9 Å². The zero-order chi connectivity index (χ0) is 24.1. The van der Waals surface area contributed by atoms with Crippen molar-refractivity contribution in [3.63, 3.8) is 0 Å². The van der Waals surface area contributed by atoms with Gasteiger partial charge in [0, 0.05) is 10.8 Å². The quantitative estimate of drug-likeness (QED) is 0.274. The van der Waals surface area contributed by atoms with Crippen LogP contribution in [-0.2, 0) is 12.3 Å². The predicted molar refractivity (Wildman–Crippen MR) is 130 cm³/mol. The first kappa shape index (κ1) is 24.0. The molecule has 2 N–H and O–H groups in total. The fourth-order valence-corrected chi connectivity index (χ4v) is 4.44. The number of nitrogens with zero attached hydrogens (tertiary/aromatic N) is 3. The molecule has 0 unspecified atom stereocenters. The zero-order valence-corrected chi connectivity index (χ0v) is 19.8. The summed E-state index contributed by atoms with van der Waals surface area (Å²) < 4.78 is 28.7. The Hall–Kier alpha value is -3.14. The number of nitrogens with one attached hydrogen (secondary N) is 2. The molecule has 3 aromatic carbocycles. The summed E-state index contributed by atoms with van der Waals surface area (Å²) >= 11 is 13.9. The van der Waals surface area contributed by atoms with Crippen LogP contribution in [-0.4, -0.2) is 20.8 Å². The van der Waals surface area contributed by atoms with Crippen molar-refractivity contribution in [1.82, 2.24) is 20.1 Å². The Labute approximate surface area is 208 Å². The number of benzene rings is 3. The van der Waals surface area contributed by atoms with E-state index in [-0.39, 0.29) is 18.0 Å². The maximum Gasteiger partial charge on any atom is 0.319 e. The van der Waals surface area contributed by atoms with Crippen molar-refractivity contribution in [2.75, 3.05) is 5.32 Å². The average Bonchev–Trinajstić information content (AvgIpc) is 3.21. The SMILES string of the molecule is O=C(NCc1nnc(SCc2ccc(F)cc2)n1-c1ccc(Cl)cc1Cl)Nc1ccccc1F. The standard InChI is InChI=1S/C23H17Cl2F2N5OS/c24-15-7-10-20(17(25)11-15)32-21(12-28-22(33)29-19-4-2-1-3-18(19)27)30-31-23(32)34-13-14-5-8-16(26)9-6-14/h1-11H,12-13H2,(H2,28,29,33). The lowest BCUT2D eigenvalue weighted by atomic mass is 10.2. The average molecular weight is 520 g/mol. The molecule has 174 valence electrons. The van der Waals surface area contributed by atoms with Crippen molar-refractivity contribution in [1.29, 1.82) is 0 Å². The number of hydrogen-bond acceptors (Lipinski definition) is 4. The number of carbonyl (C=O) groups excluding carboxylic acids is 1. The van der Waals surface area contributed by atoms with Crippen molar-refractivity contribution in [2.24, 2.45) is 0 Å². The van der Waals surface area contributed by atoms with Gasteiger partial charge in [-0.05, 0) is 48.0 Å². The molecule has 0 saturated carbocycles. The first-order valence-corrected chi connectivity index (χ1v) is 11.7. The van der Waals surface area contributed by atoms with Crippen LogP contribution in [0.5, 0.6) is 0 Å². The number of urea groups is 1. The molecule has 0 bridgehead atoms. The minimum absolute atomic E-state index is 0.0106. The summed E-state index contributed by atoms with van der Waals surface area (Å²) in [5, 5.41) is 14.9. The second-order valence-corrected chi connectivity index (χ2v) is 8.82. The molecule has 4 aromatic rings. The lowest BCUT2D eigenvalue weighted by Crippen LogP contribution is -2.29. The van der Waals surface area contributed by atoms with Gasteiger partial charge in [-0.2, -0.15) is 0 Å². The molecule has 1 aromatic heterocycles. The van der Waals surface area contributed by atoms with Gasteiger partial charge < -0.3 is 10.6 Å². The number of amides is 2. The number of anilines is 1. The topological polar surface area (TPSA) is 71.8 Å². The van der Waals surface area contributed by atoms with Crippen molar-refractivity contribution in [3.8, 4) is 5.69 Å². The number of halogens is 4. The number of aromatic nitrogens is 3. The highest BCUT2D eigenvalue weighted by Crippen LogP contribution is 2.30. The van der Waals surface area contributed by atoms with E-state index in [2.05, 4.69) is 20.8 Å². The normalized spacial score (nSPS) is 10.8. The minimum atomic E-state index is -0.609. The summed E-state index contributed by atoms with van der Waals surface area (Å²) in [6.07, 6.45) is 0. The number of hydrogen-bond donors (Lipinski definition) is 2. The third-order valence-electron chi connectivity index (χ3n) is 4.66. The highest BCUT2D eigenvalue weighted by Gasteiger charge is 2.18. The summed E-state index contributed by atoms with van der Waals surface area (Å²) in [5.41, 5.74) is 1.52. The van der Waals surface area contributed by atoms with Gasteiger partial charge in [-0.25, -0.2) is 13.6 Å². The fourth-order valence-electron chi connectivity index (χ4n) is 3.03. The molecule has 11 heteroatoms. The second-order valence-electron chi connectivity index (χ2n) is 7.03. The fraction of sp³-hybridized carbons (Fsp3) is 0.0870. The van der Waals surface area contributed by atoms with Crippen LogP contribution in [0.1, 0.15) is 11.4 Å². The summed E-state index contributed by atoms with van der Waals surface area (Å²) in [6, 6.07) is 16.4. The molecule has 0 aliphatic rings. The van der Waals surface area contributed by atoms with Gasteiger partial charge >= 0.3 is 6.03 Å². The van der Waals surface area contributed by atoms with Crippen molar-refractivity contribution in [2.45, 2.75) is 17.5 Å². The van der Waals surface area contributed by atoms with Crippen molar-refractivity contribution < 1.29 is 13.6 Å². The number of para-hydroxylation sites is 1. The van der Waals surface area contributed by atoms with Crippen LogP contribution in [0.3, 0.4) is 0 Å². The molecule has 2 amide bonds. The van der Waals surface area contributed by atoms with E-state index in [1.54, 1.807) is 41.0 Å². The first-order valence-electron chi connectivity index (χ1n) is 9.97. The van der Waals surface area contributed by atoms with Crippen LogP contribution in [0.4, 0.5) is 19.3 Å². The maximum atomic E-state index is 13.8. The molecule has 0 atom stereocenters. The molecular weight excluding hydrogens is 503 g/mol. The Morgan fingerprint density at radius 2 is 1.76 bits per heavy atom. The van der Waals surface area contributed by atoms with Crippen LogP contribution >= 0.6 is 35.0 Å². The Bertz CT molecular complexity index is 1320.